The largest absolute Gasteiger partial charge is 0.487 e. The molecular weight excluding hydrogens is 265 g/mol. The topological polar surface area (TPSA) is 83.4 Å². The minimum Gasteiger partial charge on any atom is -0.400 e. The van der Waals surface area contributed by atoms with Crippen molar-refractivity contribution in [1.82, 2.24) is 4.98 Å². The smallest absolute Gasteiger partial charge is 0.400 e. The van der Waals surface area contributed by atoms with E-state index in [1.54, 1.807) is 6.20 Å². The van der Waals surface area contributed by atoms with Crippen LogP contribution in [0.15, 0.2) is 24.3 Å². The fraction of sp³-hybridized carbons (Fsp3) is 0.533. The summed E-state index contributed by atoms with van der Waals surface area (Å²) < 4.78 is 11.8. The van der Waals surface area contributed by atoms with Gasteiger partial charge in [0.05, 0.1) is 16.9 Å². The first-order valence-electron chi connectivity index (χ1n) is 7.20. The van der Waals surface area contributed by atoms with Gasteiger partial charge in [0.15, 0.2) is 0 Å². The first kappa shape index (κ1) is 16.2. The van der Waals surface area contributed by atoms with Gasteiger partial charge in [0.2, 0.25) is 0 Å². The van der Waals surface area contributed by atoms with Gasteiger partial charge in [-0.1, -0.05) is 5.98 Å². The van der Waals surface area contributed by atoms with Crippen molar-refractivity contribution in [1.29, 1.82) is 0 Å². The Hall–Kier alpha value is -1.21. The van der Waals surface area contributed by atoms with Crippen molar-refractivity contribution in [3.63, 3.8) is 0 Å². The van der Waals surface area contributed by atoms with Crippen LogP contribution in [0.25, 0.3) is 6.08 Å². The summed E-state index contributed by atoms with van der Waals surface area (Å²) in [6.07, 6.45) is 3.61. The van der Waals surface area contributed by atoms with Gasteiger partial charge in [0.25, 0.3) is 0 Å². The van der Waals surface area contributed by atoms with E-state index in [-0.39, 0.29) is 24.4 Å². The maximum absolute atomic E-state index is 5.93. The molecule has 0 aromatic carbocycles. The zero-order valence-corrected chi connectivity index (χ0v) is 13.2. The third-order valence-electron chi connectivity index (χ3n) is 4.18. The van der Waals surface area contributed by atoms with Gasteiger partial charge >= 0.3 is 7.12 Å². The lowest BCUT2D eigenvalue weighted by Crippen LogP contribution is -2.41. The zero-order valence-electron chi connectivity index (χ0n) is 13.2. The second-order valence-corrected chi connectivity index (χ2v) is 6.34. The second kappa shape index (κ2) is 5.89. The highest BCUT2D eigenvalue weighted by Crippen LogP contribution is 2.36. The molecule has 0 saturated carbocycles. The third kappa shape index (κ3) is 3.52. The Kier molecular flexibility index (Phi) is 4.53. The van der Waals surface area contributed by atoms with Crippen molar-refractivity contribution in [2.45, 2.75) is 44.9 Å². The van der Waals surface area contributed by atoms with Crippen LogP contribution < -0.4 is 11.5 Å². The SMILES string of the molecule is CC1(C)OB(/C=C/c2cc([C@@H](N)CN)ccn2)OC1(C)C. The van der Waals surface area contributed by atoms with E-state index in [4.69, 9.17) is 20.8 Å². The van der Waals surface area contributed by atoms with Crippen LogP contribution in [-0.4, -0.2) is 29.8 Å². The van der Waals surface area contributed by atoms with Gasteiger partial charge in [-0.2, -0.15) is 0 Å². The maximum atomic E-state index is 5.93. The molecule has 6 heteroatoms. The van der Waals surface area contributed by atoms with Crippen LogP contribution in [0, 0.1) is 0 Å². The van der Waals surface area contributed by atoms with Crippen LogP contribution in [0.4, 0.5) is 0 Å². The average molecular weight is 289 g/mol. The Bertz CT molecular complexity index is 515. The Morgan fingerprint density at radius 1 is 1.29 bits per heavy atom. The minimum absolute atomic E-state index is 0.169. The molecule has 1 fully saturated rings. The number of nitrogens with zero attached hydrogens (tertiary/aromatic N) is 1. The van der Waals surface area contributed by atoms with Crippen molar-refractivity contribution in [3.05, 3.63) is 35.6 Å². The summed E-state index contributed by atoms with van der Waals surface area (Å²) in [6, 6.07) is 3.64. The molecule has 0 amide bonds. The first-order chi connectivity index (χ1) is 9.75. The molecule has 5 nitrogen and oxygen atoms in total. The van der Waals surface area contributed by atoms with Gasteiger partial charge in [-0.15, -0.1) is 0 Å². The van der Waals surface area contributed by atoms with Gasteiger partial charge in [0, 0.05) is 18.8 Å². The van der Waals surface area contributed by atoms with Gasteiger partial charge in [-0.3, -0.25) is 4.98 Å². The summed E-state index contributed by atoms with van der Waals surface area (Å²) in [5.41, 5.74) is 12.6. The Labute approximate surface area is 126 Å². The van der Waals surface area contributed by atoms with Gasteiger partial charge in [-0.05, 0) is 51.5 Å². The average Bonchev–Trinajstić information content (AvgIpc) is 2.64. The van der Waals surface area contributed by atoms with E-state index in [0.717, 1.165) is 11.3 Å². The zero-order chi connectivity index (χ0) is 15.7. The summed E-state index contributed by atoms with van der Waals surface area (Å²) in [7, 11) is -0.372. The summed E-state index contributed by atoms with van der Waals surface area (Å²) in [5.74, 6) is 1.87. The van der Waals surface area contributed by atoms with Gasteiger partial charge in [0.1, 0.15) is 0 Å². The maximum Gasteiger partial charge on any atom is 0.487 e. The molecule has 1 saturated heterocycles. The van der Waals surface area contributed by atoms with Crippen LogP contribution in [-0.2, 0) is 9.31 Å². The standard InChI is InChI=1S/C15H24BN3O2/c1-14(2)15(3,4)21-16(20-14)7-5-12-9-11(6-8-19-12)13(18)10-17/h5-9,13H,10,17-18H2,1-4H3/b7-5+/t13-/m0/s1. The van der Waals surface area contributed by atoms with Crippen LogP contribution in [0.3, 0.4) is 0 Å². The van der Waals surface area contributed by atoms with Crippen LogP contribution in [0.1, 0.15) is 45.0 Å². The molecule has 21 heavy (non-hydrogen) atoms. The number of hydrogen-bond acceptors (Lipinski definition) is 5. The molecule has 0 unspecified atom stereocenters. The Morgan fingerprint density at radius 2 is 1.90 bits per heavy atom. The van der Waals surface area contributed by atoms with Crippen molar-refractivity contribution in [3.8, 4) is 0 Å². The van der Waals surface area contributed by atoms with E-state index in [1.165, 1.54) is 0 Å². The molecule has 1 aliphatic rings. The second-order valence-electron chi connectivity index (χ2n) is 6.34. The first-order valence-corrected chi connectivity index (χ1v) is 7.20. The summed E-state index contributed by atoms with van der Waals surface area (Å²) in [6.45, 7) is 8.52. The van der Waals surface area contributed by atoms with Gasteiger partial charge in [-0.25, -0.2) is 0 Å². The lowest BCUT2D eigenvalue weighted by atomic mass is 9.89. The van der Waals surface area contributed by atoms with E-state index in [0.29, 0.717) is 6.54 Å². The molecule has 1 aromatic rings. The molecule has 0 bridgehead atoms. The molecule has 1 atom stereocenters. The fourth-order valence-electron chi connectivity index (χ4n) is 2.07. The van der Waals surface area contributed by atoms with Crippen LogP contribution in [0.5, 0.6) is 0 Å². The predicted molar refractivity (Wildman–Crippen MR) is 85.3 cm³/mol. The van der Waals surface area contributed by atoms with E-state index in [9.17, 15) is 0 Å². The van der Waals surface area contributed by atoms with Crippen molar-refractivity contribution >= 4 is 13.2 Å². The predicted octanol–water partition coefficient (Wildman–Crippen LogP) is 1.68. The van der Waals surface area contributed by atoms with E-state index < -0.39 is 0 Å². The van der Waals surface area contributed by atoms with Crippen molar-refractivity contribution < 1.29 is 9.31 Å². The van der Waals surface area contributed by atoms with Crippen molar-refractivity contribution in [2.24, 2.45) is 11.5 Å². The number of nitrogens with two attached hydrogens (primary N) is 2. The van der Waals surface area contributed by atoms with Crippen molar-refractivity contribution in [2.75, 3.05) is 6.54 Å². The fourth-order valence-corrected chi connectivity index (χ4v) is 2.07. The lowest BCUT2D eigenvalue weighted by Gasteiger charge is -2.32. The Balaban J connectivity index is 2.09. The molecule has 0 radical (unpaired) electrons. The number of pyridine rings is 1. The number of aromatic nitrogens is 1. The molecule has 0 spiro atoms. The summed E-state index contributed by atoms with van der Waals surface area (Å²) >= 11 is 0. The molecule has 4 N–H and O–H groups in total. The summed E-state index contributed by atoms with van der Waals surface area (Å²) in [5, 5.41) is 0. The molecule has 1 aromatic heterocycles. The molecule has 2 heterocycles. The van der Waals surface area contributed by atoms with E-state index in [2.05, 4.69) is 4.98 Å². The van der Waals surface area contributed by atoms with Crippen LogP contribution in [0.2, 0.25) is 0 Å². The summed E-state index contributed by atoms with van der Waals surface area (Å²) in [4.78, 5) is 4.30. The highest BCUT2D eigenvalue weighted by molar-refractivity contribution is 6.52. The molecule has 2 rings (SSSR count). The normalized spacial score (nSPS) is 21.9. The Morgan fingerprint density at radius 3 is 2.48 bits per heavy atom. The minimum atomic E-state index is -0.372. The molecule has 0 aliphatic carbocycles. The van der Waals surface area contributed by atoms with E-state index in [1.807, 2.05) is 51.9 Å². The lowest BCUT2D eigenvalue weighted by molar-refractivity contribution is 0.00578. The monoisotopic (exact) mass is 289 g/mol. The highest BCUT2D eigenvalue weighted by Gasteiger charge is 2.49. The molecule has 114 valence electrons. The number of hydrogen-bond donors (Lipinski definition) is 2. The quantitative estimate of drug-likeness (QED) is 0.824. The molecular formula is C15H24BN3O2. The third-order valence-corrected chi connectivity index (χ3v) is 4.18. The van der Waals surface area contributed by atoms with Crippen LogP contribution >= 0.6 is 0 Å². The molecule has 1 aliphatic heterocycles. The number of rotatable bonds is 4. The van der Waals surface area contributed by atoms with E-state index >= 15 is 0 Å². The highest BCUT2D eigenvalue weighted by atomic mass is 16.7. The van der Waals surface area contributed by atoms with Gasteiger partial charge < -0.3 is 20.8 Å².